The maximum Gasteiger partial charge on any atom is 0.305 e. The number of methoxy groups -OCH3 is 3. The van der Waals surface area contributed by atoms with Crippen LogP contribution < -0.4 is 9.47 Å². The lowest BCUT2D eigenvalue weighted by molar-refractivity contribution is -0.140. The Morgan fingerprint density at radius 1 is 1.08 bits per heavy atom. The number of hydrogen-bond donors (Lipinski definition) is 0. The number of sulfonamides is 1. The van der Waals surface area contributed by atoms with E-state index < -0.39 is 10.0 Å². The normalized spacial score (nSPS) is 16.3. The minimum Gasteiger partial charge on any atom is -0.497 e. The summed E-state index contributed by atoms with van der Waals surface area (Å²) in [7, 11) is 0.639. The van der Waals surface area contributed by atoms with Crippen LogP contribution in [0.4, 0.5) is 0 Å². The molecule has 0 amide bonds. The van der Waals surface area contributed by atoms with Crippen LogP contribution in [-0.2, 0) is 19.6 Å². The van der Waals surface area contributed by atoms with Gasteiger partial charge in [0.05, 0.1) is 21.3 Å². The summed E-state index contributed by atoms with van der Waals surface area (Å²) in [5.41, 5.74) is 0. The van der Waals surface area contributed by atoms with Crippen molar-refractivity contribution in [1.29, 1.82) is 0 Å². The molecule has 0 bridgehead atoms. The molecule has 8 nitrogen and oxygen atoms in total. The highest BCUT2D eigenvalue weighted by Gasteiger charge is 2.31. The van der Waals surface area contributed by atoms with Crippen LogP contribution in [0.2, 0.25) is 0 Å². The van der Waals surface area contributed by atoms with E-state index in [4.69, 9.17) is 9.47 Å². The minimum absolute atomic E-state index is 0.110. The lowest BCUT2D eigenvalue weighted by atomic mass is 10.2. The lowest BCUT2D eigenvalue weighted by Gasteiger charge is -2.34. The van der Waals surface area contributed by atoms with E-state index in [1.165, 1.54) is 31.7 Å². The predicted molar refractivity (Wildman–Crippen MR) is 96.0 cm³/mol. The van der Waals surface area contributed by atoms with E-state index >= 15 is 0 Å². The van der Waals surface area contributed by atoms with Gasteiger partial charge in [0.25, 0.3) is 0 Å². The molecule has 9 heteroatoms. The zero-order valence-electron chi connectivity index (χ0n) is 15.4. The first-order valence-corrected chi connectivity index (χ1v) is 9.87. The van der Waals surface area contributed by atoms with E-state index in [-0.39, 0.29) is 10.9 Å². The van der Waals surface area contributed by atoms with Gasteiger partial charge in [-0.3, -0.25) is 4.79 Å². The van der Waals surface area contributed by atoms with E-state index in [2.05, 4.69) is 9.64 Å². The summed E-state index contributed by atoms with van der Waals surface area (Å²) in [5.74, 6) is 0.536. The maximum absolute atomic E-state index is 13.0. The third kappa shape index (κ3) is 4.87. The van der Waals surface area contributed by atoms with Crippen molar-refractivity contribution in [3.63, 3.8) is 0 Å². The highest BCUT2D eigenvalue weighted by molar-refractivity contribution is 7.89. The van der Waals surface area contributed by atoms with Gasteiger partial charge in [-0.1, -0.05) is 0 Å². The van der Waals surface area contributed by atoms with Gasteiger partial charge >= 0.3 is 5.97 Å². The zero-order valence-corrected chi connectivity index (χ0v) is 16.3. The number of benzene rings is 1. The third-order valence-electron chi connectivity index (χ3n) is 4.40. The first-order valence-electron chi connectivity index (χ1n) is 8.43. The topological polar surface area (TPSA) is 85.4 Å². The number of esters is 1. The minimum atomic E-state index is -3.67. The van der Waals surface area contributed by atoms with Crippen LogP contribution in [0.15, 0.2) is 23.1 Å². The molecule has 1 aromatic carbocycles. The van der Waals surface area contributed by atoms with E-state index in [1.54, 1.807) is 12.1 Å². The van der Waals surface area contributed by atoms with Crippen LogP contribution >= 0.6 is 0 Å². The molecule has 1 aromatic rings. The molecule has 1 aliphatic rings. The second-order valence-electron chi connectivity index (χ2n) is 5.94. The molecular formula is C17H26N2O6S. The molecule has 0 aliphatic carbocycles. The lowest BCUT2D eigenvalue weighted by Crippen LogP contribution is -2.48. The Kier molecular flexibility index (Phi) is 7.24. The first-order chi connectivity index (χ1) is 12.4. The van der Waals surface area contributed by atoms with Gasteiger partial charge in [-0.2, -0.15) is 4.31 Å². The number of carbonyl (C=O) groups excluding carboxylic acids is 1. The molecule has 1 heterocycles. The monoisotopic (exact) mass is 386 g/mol. The molecule has 0 saturated carbocycles. The van der Waals surface area contributed by atoms with Crippen LogP contribution in [-0.4, -0.2) is 77.6 Å². The quantitative estimate of drug-likeness (QED) is 0.615. The largest absolute Gasteiger partial charge is 0.497 e. The van der Waals surface area contributed by atoms with Crippen molar-refractivity contribution in [3.8, 4) is 11.5 Å². The second kappa shape index (κ2) is 9.20. The van der Waals surface area contributed by atoms with Gasteiger partial charge in [0.2, 0.25) is 10.0 Å². The number of piperazine rings is 1. The molecule has 1 fully saturated rings. The molecule has 1 aliphatic heterocycles. The van der Waals surface area contributed by atoms with Gasteiger partial charge in [-0.15, -0.1) is 0 Å². The Balaban J connectivity index is 2.01. The summed E-state index contributed by atoms with van der Waals surface area (Å²) in [6, 6.07) is 4.74. The average molecular weight is 386 g/mol. The van der Waals surface area contributed by atoms with E-state index in [1.807, 2.05) is 0 Å². The second-order valence-corrected chi connectivity index (χ2v) is 7.85. The molecule has 0 unspecified atom stereocenters. The average Bonchev–Trinajstić information content (AvgIpc) is 2.67. The summed E-state index contributed by atoms with van der Waals surface area (Å²) in [6.07, 6.45) is 1.07. The summed E-state index contributed by atoms with van der Waals surface area (Å²) < 4.78 is 42.4. The van der Waals surface area contributed by atoms with Crippen molar-refractivity contribution in [3.05, 3.63) is 18.2 Å². The molecule has 0 aromatic heterocycles. The van der Waals surface area contributed by atoms with Gasteiger partial charge in [-0.25, -0.2) is 8.42 Å². The van der Waals surface area contributed by atoms with E-state index in [0.29, 0.717) is 50.5 Å². The SMILES string of the molecule is COC(=O)CCCN1CCN(S(=O)(=O)c2cc(OC)ccc2OC)CC1. The number of ether oxygens (including phenoxy) is 3. The molecule has 0 N–H and O–H groups in total. The Labute approximate surface area is 154 Å². The van der Waals surface area contributed by atoms with Crippen LogP contribution in [0.3, 0.4) is 0 Å². The summed E-state index contributed by atoms with van der Waals surface area (Å²) in [4.78, 5) is 13.4. The van der Waals surface area contributed by atoms with Crippen molar-refractivity contribution in [2.45, 2.75) is 17.7 Å². The fourth-order valence-corrected chi connectivity index (χ4v) is 4.46. The van der Waals surface area contributed by atoms with Crippen molar-refractivity contribution >= 4 is 16.0 Å². The number of carbonyl (C=O) groups is 1. The van der Waals surface area contributed by atoms with Crippen LogP contribution in [0, 0.1) is 0 Å². The maximum atomic E-state index is 13.0. The van der Waals surface area contributed by atoms with Crippen LogP contribution in [0.1, 0.15) is 12.8 Å². The Bertz CT molecular complexity index is 714. The summed E-state index contributed by atoms with van der Waals surface area (Å²) >= 11 is 0. The molecule has 26 heavy (non-hydrogen) atoms. The number of rotatable bonds is 8. The van der Waals surface area contributed by atoms with Crippen LogP contribution in [0.25, 0.3) is 0 Å². The molecule has 146 valence electrons. The third-order valence-corrected chi connectivity index (χ3v) is 6.32. The summed E-state index contributed by atoms with van der Waals surface area (Å²) in [5, 5.41) is 0. The smallest absolute Gasteiger partial charge is 0.305 e. The zero-order chi connectivity index (χ0) is 19.2. The number of nitrogens with zero attached hydrogens (tertiary/aromatic N) is 2. The molecular weight excluding hydrogens is 360 g/mol. The molecule has 0 radical (unpaired) electrons. The summed E-state index contributed by atoms with van der Waals surface area (Å²) in [6.45, 7) is 2.76. The fourth-order valence-electron chi connectivity index (χ4n) is 2.87. The van der Waals surface area contributed by atoms with Gasteiger partial charge in [0.1, 0.15) is 16.4 Å². The van der Waals surface area contributed by atoms with Gasteiger partial charge in [-0.05, 0) is 25.1 Å². The predicted octanol–water partition coefficient (Wildman–Crippen LogP) is 0.963. The Morgan fingerprint density at radius 3 is 2.35 bits per heavy atom. The van der Waals surface area contributed by atoms with E-state index in [9.17, 15) is 13.2 Å². The number of hydrogen-bond acceptors (Lipinski definition) is 7. The van der Waals surface area contributed by atoms with Crippen LogP contribution in [0.5, 0.6) is 11.5 Å². The van der Waals surface area contributed by atoms with Gasteiger partial charge in [0.15, 0.2) is 0 Å². The standard InChI is InChI=1S/C17H26N2O6S/c1-23-14-6-7-15(24-2)16(13-14)26(21,22)19-11-9-18(10-12-19)8-4-5-17(20)25-3/h6-7,13H,4-5,8-12H2,1-3H3. The van der Waals surface area contributed by atoms with Crippen molar-refractivity contribution in [1.82, 2.24) is 9.21 Å². The highest BCUT2D eigenvalue weighted by atomic mass is 32.2. The van der Waals surface area contributed by atoms with E-state index in [0.717, 1.165) is 6.54 Å². The fraction of sp³-hybridized carbons (Fsp3) is 0.588. The Hall–Kier alpha value is -1.84. The highest BCUT2D eigenvalue weighted by Crippen LogP contribution is 2.31. The molecule has 2 rings (SSSR count). The Morgan fingerprint density at radius 2 is 1.77 bits per heavy atom. The van der Waals surface area contributed by atoms with Gasteiger partial charge in [0, 0.05) is 38.7 Å². The molecule has 0 atom stereocenters. The van der Waals surface area contributed by atoms with Gasteiger partial charge < -0.3 is 19.1 Å². The molecule has 0 spiro atoms. The van der Waals surface area contributed by atoms with Crippen molar-refractivity contribution in [2.75, 3.05) is 54.1 Å². The molecule has 1 saturated heterocycles. The van der Waals surface area contributed by atoms with Crippen molar-refractivity contribution < 1.29 is 27.4 Å². The first kappa shape index (κ1) is 20.5. The van der Waals surface area contributed by atoms with Crippen molar-refractivity contribution in [2.24, 2.45) is 0 Å².